The second-order valence-corrected chi connectivity index (χ2v) is 3.50. The molecule has 1 N–H and O–H groups in total. The summed E-state index contributed by atoms with van der Waals surface area (Å²) in [6.45, 7) is 0. The minimum Gasteiger partial charge on any atom is -0.285 e. The Labute approximate surface area is 89.9 Å². The van der Waals surface area contributed by atoms with Crippen LogP contribution in [0.4, 0.5) is 8.78 Å². The van der Waals surface area contributed by atoms with E-state index in [1.54, 1.807) is 12.4 Å². The fourth-order valence-electron chi connectivity index (χ4n) is 1.26. The standard InChI is InChI=1S/C10H7ClF2N2/c11-10(7-4-14-15-5-7)6-1-2-8(12)9(13)3-6/h1-5,10H,(H,14,15). The van der Waals surface area contributed by atoms with E-state index < -0.39 is 17.0 Å². The first-order chi connectivity index (χ1) is 7.18. The highest BCUT2D eigenvalue weighted by Gasteiger charge is 2.13. The van der Waals surface area contributed by atoms with Gasteiger partial charge in [0.1, 0.15) is 0 Å². The number of aromatic amines is 1. The van der Waals surface area contributed by atoms with Crippen molar-refractivity contribution in [3.05, 3.63) is 53.4 Å². The molecule has 15 heavy (non-hydrogen) atoms. The number of rotatable bonds is 2. The molecule has 78 valence electrons. The normalized spacial score (nSPS) is 12.7. The SMILES string of the molecule is Fc1ccc(C(Cl)c2cn[nH]c2)cc1F. The van der Waals surface area contributed by atoms with Gasteiger partial charge in [0.2, 0.25) is 0 Å². The van der Waals surface area contributed by atoms with E-state index in [1.165, 1.54) is 6.07 Å². The summed E-state index contributed by atoms with van der Waals surface area (Å²) in [5, 5.41) is 5.81. The quantitative estimate of drug-likeness (QED) is 0.787. The van der Waals surface area contributed by atoms with Crippen LogP contribution < -0.4 is 0 Å². The number of aromatic nitrogens is 2. The molecule has 0 saturated carbocycles. The second-order valence-electron chi connectivity index (χ2n) is 3.07. The molecule has 0 amide bonds. The Kier molecular flexibility index (Phi) is 2.68. The molecule has 1 unspecified atom stereocenters. The fourth-order valence-corrected chi connectivity index (χ4v) is 1.52. The lowest BCUT2D eigenvalue weighted by Crippen LogP contribution is -1.94. The van der Waals surface area contributed by atoms with E-state index in [0.717, 1.165) is 12.1 Å². The third-order valence-electron chi connectivity index (χ3n) is 2.05. The molecule has 1 heterocycles. The van der Waals surface area contributed by atoms with Gasteiger partial charge in [0, 0.05) is 11.8 Å². The number of hydrogen-bond acceptors (Lipinski definition) is 1. The lowest BCUT2D eigenvalue weighted by Gasteiger charge is -2.07. The van der Waals surface area contributed by atoms with Crippen LogP contribution >= 0.6 is 11.6 Å². The van der Waals surface area contributed by atoms with Crippen molar-refractivity contribution in [1.82, 2.24) is 10.2 Å². The number of alkyl halides is 1. The van der Waals surface area contributed by atoms with Gasteiger partial charge in [0.05, 0.1) is 11.6 Å². The van der Waals surface area contributed by atoms with Gasteiger partial charge in [-0.25, -0.2) is 8.78 Å². The Morgan fingerprint density at radius 2 is 2.00 bits per heavy atom. The lowest BCUT2D eigenvalue weighted by molar-refractivity contribution is 0.507. The molecule has 0 aliphatic carbocycles. The van der Waals surface area contributed by atoms with Crippen molar-refractivity contribution in [1.29, 1.82) is 0 Å². The van der Waals surface area contributed by atoms with E-state index in [9.17, 15) is 8.78 Å². The van der Waals surface area contributed by atoms with Crippen molar-refractivity contribution in [3.8, 4) is 0 Å². The molecule has 2 rings (SSSR count). The minimum atomic E-state index is -0.901. The summed E-state index contributed by atoms with van der Waals surface area (Å²) in [5.74, 6) is -1.78. The monoisotopic (exact) mass is 228 g/mol. The molecule has 0 fully saturated rings. The molecule has 0 saturated heterocycles. The van der Waals surface area contributed by atoms with Gasteiger partial charge in [-0.2, -0.15) is 5.10 Å². The van der Waals surface area contributed by atoms with Crippen LogP contribution in [0, 0.1) is 11.6 Å². The zero-order valence-corrected chi connectivity index (χ0v) is 8.30. The highest BCUT2D eigenvalue weighted by molar-refractivity contribution is 6.22. The summed E-state index contributed by atoms with van der Waals surface area (Å²) < 4.78 is 25.6. The average molecular weight is 229 g/mol. The highest BCUT2D eigenvalue weighted by Crippen LogP contribution is 2.28. The van der Waals surface area contributed by atoms with E-state index in [4.69, 9.17) is 11.6 Å². The van der Waals surface area contributed by atoms with E-state index in [2.05, 4.69) is 10.2 Å². The van der Waals surface area contributed by atoms with Gasteiger partial charge in [-0.05, 0) is 17.7 Å². The molecule has 1 atom stereocenters. The van der Waals surface area contributed by atoms with E-state index in [-0.39, 0.29) is 0 Å². The number of nitrogens with zero attached hydrogens (tertiary/aromatic N) is 1. The summed E-state index contributed by atoms with van der Waals surface area (Å²) in [7, 11) is 0. The highest BCUT2D eigenvalue weighted by atomic mass is 35.5. The lowest BCUT2D eigenvalue weighted by atomic mass is 10.1. The maximum atomic E-state index is 12.9. The van der Waals surface area contributed by atoms with Crippen LogP contribution in [-0.4, -0.2) is 10.2 Å². The Morgan fingerprint density at radius 3 is 2.60 bits per heavy atom. The van der Waals surface area contributed by atoms with Gasteiger partial charge in [-0.15, -0.1) is 11.6 Å². The first-order valence-electron chi connectivity index (χ1n) is 4.26. The maximum absolute atomic E-state index is 12.9. The van der Waals surface area contributed by atoms with Gasteiger partial charge in [0.15, 0.2) is 11.6 Å². The minimum absolute atomic E-state index is 0.497. The molecular weight excluding hydrogens is 222 g/mol. The summed E-state index contributed by atoms with van der Waals surface area (Å²) >= 11 is 6.05. The van der Waals surface area contributed by atoms with E-state index in [0.29, 0.717) is 11.1 Å². The molecule has 5 heteroatoms. The van der Waals surface area contributed by atoms with E-state index >= 15 is 0 Å². The van der Waals surface area contributed by atoms with Crippen LogP contribution in [0.1, 0.15) is 16.5 Å². The van der Waals surface area contributed by atoms with Crippen molar-refractivity contribution in [2.24, 2.45) is 0 Å². The van der Waals surface area contributed by atoms with Gasteiger partial charge in [0.25, 0.3) is 0 Å². The molecule has 2 nitrogen and oxygen atoms in total. The Morgan fingerprint density at radius 1 is 1.20 bits per heavy atom. The Hall–Kier alpha value is -1.42. The molecule has 0 aliphatic heterocycles. The largest absolute Gasteiger partial charge is 0.285 e. The van der Waals surface area contributed by atoms with Crippen LogP contribution in [0.15, 0.2) is 30.6 Å². The predicted octanol–water partition coefficient (Wildman–Crippen LogP) is 3.02. The fraction of sp³-hybridized carbons (Fsp3) is 0.100. The Balaban J connectivity index is 2.34. The van der Waals surface area contributed by atoms with Gasteiger partial charge < -0.3 is 0 Å². The molecule has 0 bridgehead atoms. The van der Waals surface area contributed by atoms with Crippen molar-refractivity contribution in [3.63, 3.8) is 0 Å². The smallest absolute Gasteiger partial charge is 0.159 e. The zero-order valence-electron chi connectivity index (χ0n) is 7.55. The van der Waals surface area contributed by atoms with E-state index in [1.807, 2.05) is 0 Å². The molecule has 1 aromatic heterocycles. The van der Waals surface area contributed by atoms with Crippen LogP contribution in [0.25, 0.3) is 0 Å². The van der Waals surface area contributed by atoms with Gasteiger partial charge in [-0.3, -0.25) is 5.10 Å². The summed E-state index contributed by atoms with van der Waals surface area (Å²) in [6.07, 6.45) is 3.15. The first kappa shape index (κ1) is 10.1. The third-order valence-corrected chi connectivity index (χ3v) is 2.55. The summed E-state index contributed by atoms with van der Waals surface area (Å²) in [6, 6.07) is 3.59. The van der Waals surface area contributed by atoms with Gasteiger partial charge in [-0.1, -0.05) is 6.07 Å². The summed E-state index contributed by atoms with van der Waals surface area (Å²) in [4.78, 5) is 0. The van der Waals surface area contributed by atoms with Crippen molar-refractivity contribution >= 4 is 11.6 Å². The number of halogens is 3. The predicted molar refractivity (Wildman–Crippen MR) is 52.6 cm³/mol. The third kappa shape index (κ3) is 1.99. The zero-order chi connectivity index (χ0) is 10.8. The number of H-pyrrole nitrogens is 1. The van der Waals surface area contributed by atoms with Crippen LogP contribution in [0.3, 0.4) is 0 Å². The summed E-state index contributed by atoms with van der Waals surface area (Å²) in [5.41, 5.74) is 1.21. The molecule has 0 radical (unpaired) electrons. The van der Waals surface area contributed by atoms with Crippen molar-refractivity contribution < 1.29 is 8.78 Å². The number of nitrogens with one attached hydrogen (secondary N) is 1. The van der Waals surface area contributed by atoms with Crippen LogP contribution in [0.2, 0.25) is 0 Å². The average Bonchev–Trinajstić information content (AvgIpc) is 2.74. The maximum Gasteiger partial charge on any atom is 0.159 e. The number of hydrogen-bond donors (Lipinski definition) is 1. The van der Waals surface area contributed by atoms with Crippen molar-refractivity contribution in [2.75, 3.05) is 0 Å². The first-order valence-corrected chi connectivity index (χ1v) is 4.70. The van der Waals surface area contributed by atoms with Crippen molar-refractivity contribution in [2.45, 2.75) is 5.38 Å². The topological polar surface area (TPSA) is 28.7 Å². The Bertz CT molecular complexity index is 456. The molecule has 0 spiro atoms. The second kappa shape index (κ2) is 3.98. The molecule has 0 aliphatic rings. The van der Waals surface area contributed by atoms with Gasteiger partial charge >= 0.3 is 0 Å². The molecule has 2 aromatic rings. The number of benzene rings is 1. The van der Waals surface area contributed by atoms with Crippen LogP contribution in [-0.2, 0) is 0 Å². The molecular formula is C10H7ClF2N2. The molecule has 1 aromatic carbocycles. The van der Waals surface area contributed by atoms with Crippen LogP contribution in [0.5, 0.6) is 0 Å².